The summed E-state index contributed by atoms with van der Waals surface area (Å²) in [5, 5.41) is 14.5. The van der Waals surface area contributed by atoms with E-state index in [2.05, 4.69) is 4.98 Å². The number of amides is 3. The molecule has 0 aliphatic rings. The molecule has 3 aromatic rings. The molecule has 3 N–H and O–H groups in total. The third-order valence-corrected chi connectivity index (χ3v) is 4.91. The van der Waals surface area contributed by atoms with Gasteiger partial charge in [0.2, 0.25) is 0 Å². The molecule has 7 nitrogen and oxygen atoms in total. The van der Waals surface area contributed by atoms with Gasteiger partial charge < -0.3 is 10.4 Å². The number of carboxylic acid groups (broad SMARTS) is 1. The number of fused-ring (bicyclic) bond motifs is 1. The van der Waals surface area contributed by atoms with Crippen molar-refractivity contribution in [3.05, 3.63) is 59.0 Å². The Bertz CT molecular complexity index is 1230. The zero-order valence-corrected chi connectivity index (χ0v) is 18.1. The first-order chi connectivity index (χ1) is 14.5. The number of carbonyl (C=O) groups excluding carboxylic acids is 2. The van der Waals surface area contributed by atoms with Gasteiger partial charge in [0.25, 0.3) is 9.70 Å². The van der Waals surface area contributed by atoms with Crippen molar-refractivity contribution >= 4 is 80.8 Å². The normalized spacial score (nSPS) is 11.3. The van der Waals surface area contributed by atoms with Gasteiger partial charge in [0.05, 0.1) is 5.69 Å². The lowest BCUT2D eigenvalue weighted by atomic mass is 10.0. The van der Waals surface area contributed by atoms with E-state index in [1.807, 2.05) is 5.32 Å². The minimum Gasteiger partial charge on any atom is -0.478 e. The molecule has 0 spiro atoms. The Balaban J connectivity index is 2.12. The van der Waals surface area contributed by atoms with Gasteiger partial charge in [0, 0.05) is 22.2 Å². The first-order valence-corrected chi connectivity index (χ1v) is 9.80. The van der Waals surface area contributed by atoms with E-state index in [1.165, 1.54) is 6.07 Å². The molecule has 0 unspecified atom stereocenters. The minimum absolute atomic E-state index is 0.262. The van der Waals surface area contributed by atoms with Crippen LogP contribution < -0.4 is 10.6 Å². The summed E-state index contributed by atoms with van der Waals surface area (Å²) in [6.45, 7) is 0. The summed E-state index contributed by atoms with van der Waals surface area (Å²) < 4.78 is 12.9. The number of rotatable bonds is 3. The topological polar surface area (TPSA) is 108 Å². The third-order valence-electron chi connectivity index (χ3n) is 4.08. The number of aromatic carboxylic acids is 1. The highest BCUT2D eigenvalue weighted by Crippen LogP contribution is 2.36. The van der Waals surface area contributed by atoms with Crippen molar-refractivity contribution in [2.24, 2.45) is 0 Å². The number of hydrogen-bond donors (Lipinski definition) is 3. The lowest BCUT2D eigenvalue weighted by Gasteiger charge is -2.15. The zero-order chi connectivity index (χ0) is 22.9. The number of alkyl halides is 3. The van der Waals surface area contributed by atoms with Crippen LogP contribution in [0.3, 0.4) is 0 Å². The fourth-order valence-corrected chi connectivity index (χ4v) is 3.20. The second-order valence-electron chi connectivity index (χ2n) is 6.06. The van der Waals surface area contributed by atoms with Crippen LogP contribution in [-0.4, -0.2) is 31.8 Å². The molecule has 2 aromatic carbocycles. The van der Waals surface area contributed by atoms with Crippen LogP contribution in [0.1, 0.15) is 10.4 Å². The molecule has 1 heterocycles. The van der Waals surface area contributed by atoms with Crippen molar-refractivity contribution in [1.29, 1.82) is 0 Å². The van der Waals surface area contributed by atoms with Gasteiger partial charge in [-0.3, -0.25) is 15.1 Å². The summed E-state index contributed by atoms with van der Waals surface area (Å²) >= 11 is 22.4. The first kappa shape index (κ1) is 23.0. The van der Waals surface area contributed by atoms with Gasteiger partial charge >= 0.3 is 12.0 Å². The largest absolute Gasteiger partial charge is 0.478 e. The average molecular weight is 505 g/mol. The minimum atomic E-state index is -2.46. The van der Waals surface area contributed by atoms with Crippen molar-refractivity contribution in [3.8, 4) is 11.3 Å². The van der Waals surface area contributed by atoms with Crippen LogP contribution in [0.2, 0.25) is 5.02 Å². The maximum Gasteiger partial charge on any atom is 0.339 e. The van der Waals surface area contributed by atoms with Crippen LogP contribution in [0.4, 0.5) is 14.9 Å². The van der Waals surface area contributed by atoms with E-state index in [-0.39, 0.29) is 11.3 Å². The summed E-state index contributed by atoms with van der Waals surface area (Å²) in [6, 6.07) is 8.68. The van der Waals surface area contributed by atoms with Gasteiger partial charge in [-0.15, -0.1) is 0 Å². The maximum absolute atomic E-state index is 15.4. The second kappa shape index (κ2) is 8.84. The molecule has 0 atom stereocenters. The Morgan fingerprint density at radius 1 is 1.06 bits per heavy atom. The monoisotopic (exact) mass is 503 g/mol. The Labute approximate surface area is 194 Å². The molecule has 3 amide bonds. The number of anilines is 1. The van der Waals surface area contributed by atoms with Gasteiger partial charge in [0.15, 0.2) is 5.82 Å². The number of hydrogen-bond acceptors (Lipinski definition) is 4. The van der Waals surface area contributed by atoms with Crippen molar-refractivity contribution < 1.29 is 23.9 Å². The predicted molar refractivity (Wildman–Crippen MR) is 117 cm³/mol. The molecule has 1 aromatic heterocycles. The molecule has 0 saturated heterocycles. The lowest BCUT2D eigenvalue weighted by Crippen LogP contribution is -2.41. The number of carboxylic acids is 1. The van der Waals surface area contributed by atoms with E-state index < -0.39 is 38.8 Å². The van der Waals surface area contributed by atoms with Gasteiger partial charge in [-0.1, -0.05) is 76.7 Å². The fraction of sp³-hybridized carbons (Fsp3) is 0.0526. The van der Waals surface area contributed by atoms with E-state index in [1.54, 1.807) is 35.6 Å². The highest BCUT2D eigenvalue weighted by Gasteiger charge is 2.32. The highest BCUT2D eigenvalue weighted by atomic mass is 35.6. The van der Waals surface area contributed by atoms with E-state index >= 15 is 4.39 Å². The van der Waals surface area contributed by atoms with Crippen molar-refractivity contribution in [2.75, 3.05) is 5.32 Å². The number of imide groups is 1. The molecule has 31 heavy (non-hydrogen) atoms. The lowest BCUT2D eigenvalue weighted by molar-refractivity contribution is -0.119. The molecule has 0 fully saturated rings. The maximum atomic E-state index is 15.4. The number of nitrogens with one attached hydrogen (secondary N) is 2. The molecular formula is C19H10Cl4FN3O4. The van der Waals surface area contributed by atoms with Crippen molar-refractivity contribution in [3.63, 3.8) is 0 Å². The first-order valence-electron chi connectivity index (χ1n) is 8.29. The van der Waals surface area contributed by atoms with Crippen LogP contribution in [-0.2, 0) is 4.79 Å². The number of urea groups is 1. The summed E-state index contributed by atoms with van der Waals surface area (Å²) in [7, 11) is 0. The van der Waals surface area contributed by atoms with E-state index in [0.717, 1.165) is 6.20 Å². The van der Waals surface area contributed by atoms with Gasteiger partial charge in [-0.25, -0.2) is 14.0 Å². The highest BCUT2D eigenvalue weighted by molar-refractivity contribution is 6.76. The number of carbonyl (C=O) groups is 3. The summed E-state index contributed by atoms with van der Waals surface area (Å²) in [5.41, 5.74) is -1.41. The van der Waals surface area contributed by atoms with Gasteiger partial charge in [-0.2, -0.15) is 0 Å². The number of nitrogens with zero attached hydrogens (tertiary/aromatic N) is 1. The molecular weight excluding hydrogens is 495 g/mol. The SMILES string of the molecule is O=C(NC(=O)C(Cl)(Cl)Cl)Nc1c(C(=O)O)cnc(-c2cccc3cccc(Cl)c23)c1F. The fourth-order valence-electron chi connectivity index (χ4n) is 2.77. The van der Waals surface area contributed by atoms with E-state index in [4.69, 9.17) is 46.4 Å². The number of halogens is 5. The van der Waals surface area contributed by atoms with Crippen LogP contribution >= 0.6 is 46.4 Å². The predicted octanol–water partition coefficient (Wildman–Crippen LogP) is 5.41. The van der Waals surface area contributed by atoms with E-state index in [9.17, 15) is 19.5 Å². The Morgan fingerprint density at radius 3 is 2.32 bits per heavy atom. The molecule has 0 radical (unpaired) electrons. The molecule has 12 heteroatoms. The third kappa shape index (κ3) is 4.83. The quantitative estimate of drug-likeness (QED) is 0.413. The smallest absolute Gasteiger partial charge is 0.339 e. The molecule has 3 rings (SSSR count). The van der Waals surface area contributed by atoms with Crippen molar-refractivity contribution in [1.82, 2.24) is 10.3 Å². The average Bonchev–Trinajstić information content (AvgIpc) is 2.68. The second-order valence-corrected chi connectivity index (χ2v) is 8.75. The van der Waals surface area contributed by atoms with Crippen LogP contribution in [0.15, 0.2) is 42.6 Å². The Morgan fingerprint density at radius 2 is 1.71 bits per heavy atom. The van der Waals surface area contributed by atoms with Crippen LogP contribution in [0.25, 0.3) is 22.0 Å². The standard InChI is InChI=1S/C19H10Cl4FN3O4/c20-11-6-2-4-8-3-1-5-9(12(8)11)14-13(24)15(10(7-25-14)16(28)29)26-18(31)27-17(30)19(21,22)23/h1-7H,(H,28,29)(H2,25,26,27,30,31). The summed E-state index contributed by atoms with van der Waals surface area (Å²) in [5.74, 6) is -4.05. The Hall–Kier alpha value is -2.65. The molecule has 0 aliphatic heterocycles. The summed E-state index contributed by atoms with van der Waals surface area (Å²) in [4.78, 5) is 39.2. The number of benzene rings is 2. The van der Waals surface area contributed by atoms with Crippen LogP contribution in [0, 0.1) is 5.82 Å². The molecule has 160 valence electrons. The Kier molecular flexibility index (Phi) is 6.56. The molecule has 0 aliphatic carbocycles. The van der Waals surface area contributed by atoms with Crippen molar-refractivity contribution in [2.45, 2.75) is 3.79 Å². The zero-order valence-electron chi connectivity index (χ0n) is 15.1. The molecule has 0 saturated carbocycles. The molecule has 0 bridgehead atoms. The summed E-state index contributed by atoms with van der Waals surface area (Å²) in [6.07, 6.45) is 0.864. The van der Waals surface area contributed by atoms with Gasteiger partial charge in [-0.05, 0) is 11.5 Å². The van der Waals surface area contributed by atoms with Crippen LogP contribution in [0.5, 0.6) is 0 Å². The number of aromatic nitrogens is 1. The van der Waals surface area contributed by atoms with E-state index in [0.29, 0.717) is 15.8 Å². The van der Waals surface area contributed by atoms with Gasteiger partial charge in [0.1, 0.15) is 11.3 Å². The number of pyridine rings is 1.